The average molecular weight is 191 g/mol. The Kier molecular flexibility index (Phi) is 1.45. The minimum Gasteiger partial charge on any atom is -0.292 e. The molecule has 0 spiro atoms. The number of nitrogens with zero attached hydrogens (tertiary/aromatic N) is 1. The molecule has 3 fully saturated rings. The lowest BCUT2D eigenvalue weighted by molar-refractivity contribution is 0.0375. The zero-order valence-electron chi connectivity index (χ0n) is 9.64. The highest BCUT2D eigenvalue weighted by atomic mass is 15.3. The van der Waals surface area contributed by atoms with Crippen LogP contribution in [0.5, 0.6) is 0 Å². The van der Waals surface area contributed by atoms with Crippen molar-refractivity contribution in [3.63, 3.8) is 0 Å². The summed E-state index contributed by atoms with van der Waals surface area (Å²) in [5.74, 6) is 2.02. The van der Waals surface area contributed by atoms with Crippen molar-refractivity contribution in [2.24, 2.45) is 17.3 Å². The summed E-state index contributed by atoms with van der Waals surface area (Å²) < 4.78 is 0. The largest absolute Gasteiger partial charge is 0.292 e. The SMILES string of the molecule is C=C1CN2CC3CC3C2(C(C)(C)C)C1. The molecule has 0 radical (unpaired) electrons. The van der Waals surface area contributed by atoms with Crippen LogP contribution in [0.25, 0.3) is 0 Å². The molecule has 1 saturated carbocycles. The quantitative estimate of drug-likeness (QED) is 0.532. The van der Waals surface area contributed by atoms with E-state index in [0.717, 1.165) is 11.8 Å². The Labute approximate surface area is 87.2 Å². The zero-order chi connectivity index (χ0) is 10.1. The zero-order valence-corrected chi connectivity index (χ0v) is 9.64. The van der Waals surface area contributed by atoms with Crippen LogP contribution >= 0.6 is 0 Å². The second-order valence-corrected chi connectivity index (χ2v) is 6.58. The van der Waals surface area contributed by atoms with Gasteiger partial charge in [-0.3, -0.25) is 4.90 Å². The van der Waals surface area contributed by atoms with Crippen molar-refractivity contribution in [2.75, 3.05) is 13.1 Å². The van der Waals surface area contributed by atoms with Gasteiger partial charge in [0.25, 0.3) is 0 Å². The first-order valence-corrected chi connectivity index (χ1v) is 5.87. The molecule has 2 saturated heterocycles. The Morgan fingerprint density at radius 1 is 1.43 bits per heavy atom. The van der Waals surface area contributed by atoms with Gasteiger partial charge in [0.2, 0.25) is 0 Å². The van der Waals surface area contributed by atoms with Crippen molar-refractivity contribution in [3.8, 4) is 0 Å². The third-order valence-electron chi connectivity index (χ3n) is 4.79. The van der Waals surface area contributed by atoms with Gasteiger partial charge in [0.1, 0.15) is 0 Å². The Morgan fingerprint density at radius 2 is 2.14 bits per heavy atom. The van der Waals surface area contributed by atoms with Crippen LogP contribution in [0, 0.1) is 17.3 Å². The molecule has 0 amide bonds. The van der Waals surface area contributed by atoms with E-state index in [1.165, 1.54) is 31.5 Å². The monoisotopic (exact) mass is 191 g/mol. The van der Waals surface area contributed by atoms with Crippen molar-refractivity contribution in [1.82, 2.24) is 4.90 Å². The molecular formula is C13H21N. The van der Waals surface area contributed by atoms with Crippen LogP contribution in [0.1, 0.15) is 33.6 Å². The summed E-state index contributed by atoms with van der Waals surface area (Å²) >= 11 is 0. The van der Waals surface area contributed by atoms with Gasteiger partial charge in [0.05, 0.1) is 0 Å². The summed E-state index contributed by atoms with van der Waals surface area (Å²) in [6, 6.07) is 0. The average Bonchev–Trinajstić information content (AvgIpc) is 2.57. The molecular weight excluding hydrogens is 170 g/mol. The maximum absolute atomic E-state index is 4.21. The number of piperidine rings is 1. The van der Waals surface area contributed by atoms with Crippen LogP contribution in [-0.2, 0) is 0 Å². The van der Waals surface area contributed by atoms with Crippen molar-refractivity contribution in [3.05, 3.63) is 12.2 Å². The van der Waals surface area contributed by atoms with Gasteiger partial charge in [0.15, 0.2) is 0 Å². The fourth-order valence-corrected chi connectivity index (χ4v) is 4.17. The number of rotatable bonds is 0. The minimum atomic E-state index is 0.419. The Morgan fingerprint density at radius 3 is 2.71 bits per heavy atom. The topological polar surface area (TPSA) is 3.24 Å². The molecule has 0 aromatic carbocycles. The summed E-state index contributed by atoms with van der Waals surface area (Å²) in [4.78, 5) is 2.73. The molecule has 3 rings (SSSR count). The smallest absolute Gasteiger partial charge is 0.0330 e. The molecule has 0 N–H and O–H groups in total. The Balaban J connectivity index is 2.04. The second-order valence-electron chi connectivity index (χ2n) is 6.58. The molecule has 3 unspecified atom stereocenters. The maximum atomic E-state index is 4.21. The van der Waals surface area contributed by atoms with Crippen LogP contribution in [0.4, 0.5) is 0 Å². The van der Waals surface area contributed by atoms with Gasteiger partial charge in [-0.25, -0.2) is 0 Å². The van der Waals surface area contributed by atoms with E-state index in [4.69, 9.17) is 0 Å². The summed E-state index contributed by atoms with van der Waals surface area (Å²) in [6.07, 6.45) is 2.75. The van der Waals surface area contributed by atoms with Crippen molar-refractivity contribution in [2.45, 2.75) is 39.2 Å². The van der Waals surface area contributed by atoms with Gasteiger partial charge in [0, 0.05) is 18.6 Å². The summed E-state index contributed by atoms with van der Waals surface area (Å²) in [5.41, 5.74) is 2.36. The summed E-state index contributed by atoms with van der Waals surface area (Å²) in [5, 5.41) is 0. The fourth-order valence-electron chi connectivity index (χ4n) is 4.17. The van der Waals surface area contributed by atoms with E-state index in [-0.39, 0.29) is 0 Å². The molecule has 3 atom stereocenters. The number of hydrogen-bond donors (Lipinski definition) is 0. The van der Waals surface area contributed by atoms with Crippen LogP contribution in [0.3, 0.4) is 0 Å². The van der Waals surface area contributed by atoms with E-state index in [1.54, 1.807) is 0 Å². The minimum absolute atomic E-state index is 0.419. The van der Waals surface area contributed by atoms with Crippen LogP contribution < -0.4 is 0 Å². The Hall–Kier alpha value is -0.300. The van der Waals surface area contributed by atoms with Gasteiger partial charge in [-0.2, -0.15) is 0 Å². The molecule has 3 aliphatic rings. The molecule has 2 aliphatic heterocycles. The second kappa shape index (κ2) is 2.27. The first-order valence-electron chi connectivity index (χ1n) is 5.87. The molecule has 14 heavy (non-hydrogen) atoms. The van der Waals surface area contributed by atoms with Gasteiger partial charge >= 0.3 is 0 Å². The molecule has 1 heteroatoms. The highest BCUT2D eigenvalue weighted by Gasteiger charge is 2.67. The van der Waals surface area contributed by atoms with Gasteiger partial charge in [-0.1, -0.05) is 32.9 Å². The normalized spacial score (nSPS) is 46.6. The standard InChI is InChI=1S/C13H21N/c1-9-6-13(12(2,3)4)11-5-10(11)8-14(13)7-9/h10-11H,1,5-8H2,2-4H3. The molecule has 1 aliphatic carbocycles. The third-order valence-corrected chi connectivity index (χ3v) is 4.79. The van der Waals surface area contributed by atoms with Crippen molar-refractivity contribution in [1.29, 1.82) is 0 Å². The van der Waals surface area contributed by atoms with Crippen LogP contribution in [0.2, 0.25) is 0 Å². The lowest BCUT2D eigenvalue weighted by Crippen LogP contribution is -2.52. The first-order chi connectivity index (χ1) is 6.45. The van der Waals surface area contributed by atoms with E-state index in [1.807, 2.05) is 0 Å². The van der Waals surface area contributed by atoms with E-state index >= 15 is 0 Å². The van der Waals surface area contributed by atoms with Gasteiger partial charge in [-0.05, 0) is 30.1 Å². The lowest BCUT2D eigenvalue weighted by atomic mass is 9.69. The van der Waals surface area contributed by atoms with E-state index < -0.39 is 0 Å². The summed E-state index contributed by atoms with van der Waals surface area (Å²) in [7, 11) is 0. The number of fused-ring (bicyclic) bond motifs is 3. The highest BCUT2D eigenvalue weighted by molar-refractivity contribution is 5.28. The molecule has 78 valence electrons. The van der Waals surface area contributed by atoms with E-state index in [9.17, 15) is 0 Å². The summed E-state index contributed by atoms with van der Waals surface area (Å²) in [6.45, 7) is 14.0. The predicted octanol–water partition coefficient (Wildman–Crippen LogP) is 2.68. The fraction of sp³-hybridized carbons (Fsp3) is 0.846. The van der Waals surface area contributed by atoms with E-state index in [0.29, 0.717) is 11.0 Å². The third kappa shape index (κ3) is 0.850. The Bertz CT molecular complexity index is 299. The van der Waals surface area contributed by atoms with Crippen LogP contribution in [0.15, 0.2) is 12.2 Å². The predicted molar refractivity (Wildman–Crippen MR) is 59.1 cm³/mol. The molecule has 1 nitrogen and oxygen atoms in total. The highest BCUT2D eigenvalue weighted by Crippen LogP contribution is 2.65. The van der Waals surface area contributed by atoms with E-state index in [2.05, 4.69) is 32.3 Å². The molecule has 0 aromatic rings. The number of hydrogen-bond acceptors (Lipinski definition) is 1. The van der Waals surface area contributed by atoms with Crippen LogP contribution in [-0.4, -0.2) is 23.5 Å². The van der Waals surface area contributed by atoms with Crippen molar-refractivity contribution < 1.29 is 0 Å². The molecule has 0 aromatic heterocycles. The van der Waals surface area contributed by atoms with Gasteiger partial charge < -0.3 is 0 Å². The maximum Gasteiger partial charge on any atom is 0.0330 e. The first kappa shape index (κ1) is 8.96. The van der Waals surface area contributed by atoms with Crippen molar-refractivity contribution >= 4 is 0 Å². The van der Waals surface area contributed by atoms with Gasteiger partial charge in [-0.15, -0.1) is 0 Å². The molecule has 0 bridgehead atoms. The lowest BCUT2D eigenvalue weighted by Gasteiger charge is -2.46. The molecule has 2 heterocycles.